The van der Waals surface area contributed by atoms with Gasteiger partial charge in [0.15, 0.2) is 0 Å². The standard InChI is InChI=1S/C17H26N2O2S.C10H17NO/c1-3-11-22-17-13(2)6-8-15(18-17)19-10-4-5-14(12-19)7-9-16(20)21;1-2-8-3-7-4-9(5-7)10(8)11-6-12/h6,8,14H,3-5,7,9-12H2,1-2H3,(H,20,21);6-10H,2-5H2,1H3,(H,11,12). The Morgan fingerprint density at radius 1 is 1.29 bits per heavy atom. The number of nitrogens with zero attached hydrogens (tertiary/aromatic N) is 2. The number of thioether (sulfide) groups is 1. The second-order valence-corrected chi connectivity index (χ2v) is 11.4. The van der Waals surface area contributed by atoms with Crippen molar-refractivity contribution in [2.45, 2.75) is 89.6 Å². The number of carboxylic acids is 1. The van der Waals surface area contributed by atoms with E-state index < -0.39 is 5.97 Å². The fourth-order valence-electron chi connectivity index (χ4n) is 5.86. The van der Waals surface area contributed by atoms with Crippen molar-refractivity contribution < 1.29 is 14.7 Å². The average Bonchev–Trinajstić information content (AvgIpc) is 2.82. The minimum Gasteiger partial charge on any atom is -0.481 e. The van der Waals surface area contributed by atoms with Crippen LogP contribution in [0.2, 0.25) is 0 Å². The van der Waals surface area contributed by atoms with E-state index in [1.165, 1.54) is 31.2 Å². The van der Waals surface area contributed by atoms with E-state index in [9.17, 15) is 9.59 Å². The van der Waals surface area contributed by atoms with Gasteiger partial charge in [0.2, 0.25) is 6.41 Å². The summed E-state index contributed by atoms with van der Waals surface area (Å²) in [7, 11) is 0. The summed E-state index contributed by atoms with van der Waals surface area (Å²) in [6, 6.07) is 4.75. The molecule has 1 aromatic heterocycles. The van der Waals surface area contributed by atoms with Gasteiger partial charge in [-0.1, -0.05) is 26.3 Å². The number of aliphatic carboxylic acids is 1. The molecular formula is C27H43N3O3S. The highest BCUT2D eigenvalue weighted by molar-refractivity contribution is 7.99. The molecular weight excluding hydrogens is 446 g/mol. The summed E-state index contributed by atoms with van der Waals surface area (Å²) in [4.78, 5) is 28.3. The first-order valence-corrected chi connectivity index (χ1v) is 14.2. The quantitative estimate of drug-likeness (QED) is 0.332. The Kier molecular flexibility index (Phi) is 10.5. The number of fused-ring (bicyclic) bond motifs is 2. The zero-order chi connectivity index (χ0) is 24.5. The lowest BCUT2D eigenvalue weighted by atomic mass is 9.58. The minimum atomic E-state index is -0.691. The van der Waals surface area contributed by atoms with Crippen LogP contribution in [0, 0.1) is 30.6 Å². The molecule has 0 radical (unpaired) electrons. The van der Waals surface area contributed by atoms with Gasteiger partial charge in [-0.3, -0.25) is 9.59 Å². The monoisotopic (exact) mass is 489 g/mol. The Morgan fingerprint density at radius 2 is 2.09 bits per heavy atom. The second-order valence-electron chi connectivity index (χ2n) is 10.3. The molecule has 34 heavy (non-hydrogen) atoms. The van der Waals surface area contributed by atoms with Gasteiger partial charge in [-0.2, -0.15) is 0 Å². The van der Waals surface area contributed by atoms with Gasteiger partial charge < -0.3 is 15.3 Å². The third-order valence-corrected chi connectivity index (χ3v) is 9.10. The van der Waals surface area contributed by atoms with Gasteiger partial charge >= 0.3 is 5.97 Å². The average molecular weight is 490 g/mol. The smallest absolute Gasteiger partial charge is 0.303 e. The van der Waals surface area contributed by atoms with Crippen LogP contribution in [-0.2, 0) is 9.59 Å². The van der Waals surface area contributed by atoms with E-state index >= 15 is 0 Å². The van der Waals surface area contributed by atoms with E-state index in [2.05, 4.69) is 43.1 Å². The molecule has 3 saturated carbocycles. The first kappa shape index (κ1) is 26.8. The summed E-state index contributed by atoms with van der Waals surface area (Å²) in [6.07, 6.45) is 10.6. The highest BCUT2D eigenvalue weighted by Crippen LogP contribution is 2.48. The zero-order valence-corrected chi connectivity index (χ0v) is 22.0. The molecule has 2 bridgehead atoms. The molecule has 1 aliphatic heterocycles. The summed E-state index contributed by atoms with van der Waals surface area (Å²) in [5, 5.41) is 13.0. The van der Waals surface area contributed by atoms with Crippen molar-refractivity contribution in [1.29, 1.82) is 0 Å². The van der Waals surface area contributed by atoms with Gasteiger partial charge in [-0.05, 0) is 92.9 Å². The third kappa shape index (κ3) is 7.37. The molecule has 4 aliphatic rings. The first-order valence-electron chi connectivity index (χ1n) is 13.2. The van der Waals surface area contributed by atoms with Crippen LogP contribution in [0.25, 0.3) is 0 Å². The molecule has 2 heterocycles. The third-order valence-electron chi connectivity index (χ3n) is 7.80. The molecule has 4 fully saturated rings. The van der Waals surface area contributed by atoms with Gasteiger partial charge in [0, 0.05) is 25.6 Å². The van der Waals surface area contributed by atoms with Crippen molar-refractivity contribution in [3.05, 3.63) is 17.7 Å². The van der Waals surface area contributed by atoms with Crippen molar-refractivity contribution >= 4 is 30.0 Å². The number of aryl methyl sites for hydroxylation is 1. The van der Waals surface area contributed by atoms with Crippen molar-refractivity contribution in [2.24, 2.45) is 23.7 Å². The molecule has 3 atom stereocenters. The number of hydrogen-bond donors (Lipinski definition) is 2. The van der Waals surface area contributed by atoms with Crippen LogP contribution in [0.3, 0.4) is 0 Å². The predicted molar refractivity (Wildman–Crippen MR) is 139 cm³/mol. The molecule has 5 rings (SSSR count). The van der Waals surface area contributed by atoms with E-state index in [4.69, 9.17) is 10.1 Å². The Morgan fingerprint density at radius 3 is 2.76 bits per heavy atom. The minimum absolute atomic E-state index is 0.275. The number of anilines is 1. The first-order chi connectivity index (χ1) is 16.4. The Balaban J connectivity index is 0.000000226. The lowest BCUT2D eigenvalue weighted by Gasteiger charge is -2.50. The Hall–Kier alpha value is -1.76. The maximum Gasteiger partial charge on any atom is 0.303 e. The highest BCUT2D eigenvalue weighted by Gasteiger charge is 2.44. The number of pyridine rings is 1. The van der Waals surface area contributed by atoms with Crippen LogP contribution in [0.4, 0.5) is 5.82 Å². The lowest BCUT2D eigenvalue weighted by molar-refractivity contribution is -0.137. The molecule has 190 valence electrons. The van der Waals surface area contributed by atoms with E-state index in [0.717, 1.165) is 79.5 Å². The predicted octanol–water partition coefficient (Wildman–Crippen LogP) is 5.53. The summed E-state index contributed by atoms with van der Waals surface area (Å²) < 4.78 is 0. The summed E-state index contributed by atoms with van der Waals surface area (Å²) in [5.41, 5.74) is 1.24. The van der Waals surface area contributed by atoms with Crippen molar-refractivity contribution in [3.8, 4) is 0 Å². The van der Waals surface area contributed by atoms with Crippen LogP contribution in [0.5, 0.6) is 0 Å². The lowest BCUT2D eigenvalue weighted by Crippen LogP contribution is -2.52. The van der Waals surface area contributed by atoms with Crippen LogP contribution < -0.4 is 10.2 Å². The molecule has 6 nitrogen and oxygen atoms in total. The van der Waals surface area contributed by atoms with E-state index in [-0.39, 0.29) is 6.42 Å². The fraction of sp³-hybridized carbons (Fsp3) is 0.741. The summed E-state index contributed by atoms with van der Waals surface area (Å²) >= 11 is 1.82. The molecule has 0 spiro atoms. The maximum atomic E-state index is 10.7. The maximum absolute atomic E-state index is 10.7. The van der Waals surface area contributed by atoms with E-state index in [1.807, 2.05) is 11.8 Å². The van der Waals surface area contributed by atoms with Crippen molar-refractivity contribution in [2.75, 3.05) is 23.7 Å². The number of amides is 1. The number of carboxylic acid groups (broad SMARTS) is 1. The largest absolute Gasteiger partial charge is 0.481 e. The Bertz CT molecular complexity index is 799. The molecule has 2 N–H and O–H groups in total. The van der Waals surface area contributed by atoms with Gasteiger partial charge in [0.25, 0.3) is 0 Å². The number of aromatic nitrogens is 1. The molecule has 3 unspecified atom stereocenters. The van der Waals surface area contributed by atoms with E-state index in [0.29, 0.717) is 12.0 Å². The summed E-state index contributed by atoms with van der Waals surface area (Å²) in [6.45, 7) is 8.48. The van der Waals surface area contributed by atoms with Gasteiger partial charge in [0.05, 0.1) is 0 Å². The number of carbonyl (C=O) groups is 2. The molecule has 1 aromatic rings. The number of carbonyl (C=O) groups excluding carboxylic acids is 1. The fourth-order valence-corrected chi connectivity index (χ4v) is 6.71. The van der Waals surface area contributed by atoms with Crippen LogP contribution in [-0.4, -0.2) is 47.4 Å². The number of piperidine rings is 1. The molecule has 0 aromatic carbocycles. The van der Waals surface area contributed by atoms with Crippen LogP contribution >= 0.6 is 11.8 Å². The van der Waals surface area contributed by atoms with Gasteiger partial charge in [-0.25, -0.2) is 4.98 Å². The van der Waals surface area contributed by atoms with Crippen LogP contribution in [0.15, 0.2) is 17.2 Å². The summed E-state index contributed by atoms with van der Waals surface area (Å²) in [5.74, 6) is 4.47. The second kappa shape index (κ2) is 13.4. The van der Waals surface area contributed by atoms with Crippen molar-refractivity contribution in [3.63, 3.8) is 0 Å². The molecule has 7 heteroatoms. The molecule has 1 amide bonds. The van der Waals surface area contributed by atoms with Crippen LogP contribution in [0.1, 0.15) is 77.2 Å². The normalized spacial score (nSPS) is 27.7. The topological polar surface area (TPSA) is 82.5 Å². The van der Waals surface area contributed by atoms with E-state index in [1.54, 1.807) is 0 Å². The number of rotatable bonds is 10. The number of nitrogens with one attached hydrogen (secondary N) is 1. The van der Waals surface area contributed by atoms with Gasteiger partial charge in [-0.15, -0.1) is 11.8 Å². The zero-order valence-electron chi connectivity index (χ0n) is 21.2. The van der Waals surface area contributed by atoms with Crippen molar-refractivity contribution in [1.82, 2.24) is 10.3 Å². The highest BCUT2D eigenvalue weighted by atomic mass is 32.2. The Labute approximate surface area is 209 Å². The SMILES string of the molecule is CCC1CC2CC(C2)C1NC=O.CCCSc1nc(N2CCCC(CCC(=O)O)C2)ccc1C. The molecule has 3 aliphatic carbocycles. The molecule has 1 saturated heterocycles. The van der Waals surface area contributed by atoms with Gasteiger partial charge in [0.1, 0.15) is 10.8 Å². The number of hydrogen-bond acceptors (Lipinski definition) is 5.